The molecule has 2 rings (SSSR count). The second kappa shape index (κ2) is 7.50. The maximum atomic E-state index is 4.22. The van der Waals surface area contributed by atoms with Crippen molar-refractivity contribution in [1.29, 1.82) is 0 Å². The first kappa shape index (κ1) is 15.1. The van der Waals surface area contributed by atoms with Gasteiger partial charge in [-0.3, -0.25) is 4.68 Å². The minimum absolute atomic E-state index is 0.528. The van der Waals surface area contributed by atoms with Gasteiger partial charge in [-0.15, -0.1) is 11.8 Å². The molecule has 0 aliphatic carbocycles. The Morgan fingerprint density at radius 2 is 2.15 bits per heavy atom. The maximum Gasteiger partial charge on any atom is 0.0521 e. The van der Waals surface area contributed by atoms with E-state index in [-0.39, 0.29) is 0 Å². The van der Waals surface area contributed by atoms with Crippen molar-refractivity contribution in [1.82, 2.24) is 15.1 Å². The summed E-state index contributed by atoms with van der Waals surface area (Å²) in [6.45, 7) is 2.17. The van der Waals surface area contributed by atoms with Crippen LogP contribution in [0.4, 0.5) is 0 Å². The van der Waals surface area contributed by atoms with Crippen LogP contribution in [0.1, 0.15) is 17.5 Å². The number of aromatic nitrogens is 2. The molecule has 1 atom stereocenters. The summed E-state index contributed by atoms with van der Waals surface area (Å²) in [4.78, 5) is 1.38. The maximum absolute atomic E-state index is 4.22. The van der Waals surface area contributed by atoms with Gasteiger partial charge in [0, 0.05) is 29.9 Å². The van der Waals surface area contributed by atoms with Crippen LogP contribution < -0.4 is 5.32 Å². The fourth-order valence-corrected chi connectivity index (χ4v) is 3.35. The lowest BCUT2D eigenvalue weighted by atomic mass is 10.1. The minimum Gasteiger partial charge on any atom is -0.316 e. The van der Waals surface area contributed by atoms with Crippen LogP contribution >= 0.6 is 11.8 Å². The smallest absolute Gasteiger partial charge is 0.0521 e. The highest BCUT2D eigenvalue weighted by molar-refractivity contribution is 7.99. The molecule has 0 bridgehead atoms. The van der Waals surface area contributed by atoms with E-state index in [0.717, 1.165) is 18.6 Å². The second-order valence-corrected chi connectivity index (χ2v) is 6.18. The molecule has 0 saturated heterocycles. The highest BCUT2D eigenvalue weighted by Crippen LogP contribution is 2.23. The number of benzene rings is 1. The summed E-state index contributed by atoms with van der Waals surface area (Å²) >= 11 is 1.94. The second-order valence-electron chi connectivity index (χ2n) is 5.12. The molecule has 20 heavy (non-hydrogen) atoms. The first-order valence-electron chi connectivity index (χ1n) is 7.02. The third-order valence-electron chi connectivity index (χ3n) is 3.48. The van der Waals surface area contributed by atoms with Crippen LogP contribution in [0.25, 0.3) is 0 Å². The van der Waals surface area contributed by atoms with E-state index in [9.17, 15) is 0 Å². The molecule has 4 heteroatoms. The van der Waals surface area contributed by atoms with Crippen LogP contribution in [0.3, 0.4) is 0 Å². The van der Waals surface area contributed by atoms with Crippen molar-refractivity contribution in [2.75, 3.05) is 12.8 Å². The summed E-state index contributed by atoms with van der Waals surface area (Å²) in [7, 11) is 4.01. The van der Waals surface area contributed by atoms with Gasteiger partial charge in [-0.2, -0.15) is 5.10 Å². The van der Waals surface area contributed by atoms with Crippen LogP contribution in [0.15, 0.2) is 41.6 Å². The number of aryl methyl sites for hydroxylation is 3. The van der Waals surface area contributed by atoms with Gasteiger partial charge in [-0.1, -0.05) is 18.2 Å². The summed E-state index contributed by atoms with van der Waals surface area (Å²) in [6, 6.07) is 9.11. The van der Waals surface area contributed by atoms with E-state index in [1.165, 1.54) is 16.0 Å². The van der Waals surface area contributed by atoms with E-state index < -0.39 is 0 Å². The molecule has 1 unspecified atom stereocenters. The Labute approximate surface area is 125 Å². The largest absolute Gasteiger partial charge is 0.316 e. The van der Waals surface area contributed by atoms with Gasteiger partial charge in [0.1, 0.15) is 0 Å². The topological polar surface area (TPSA) is 29.9 Å². The van der Waals surface area contributed by atoms with Crippen molar-refractivity contribution >= 4 is 11.8 Å². The standard InChI is InChI=1S/C16H23N3S/c1-13-6-4-5-7-16(13)20-12-15(17-2)9-8-14-10-18-19(3)11-14/h4-7,10-11,15,17H,8-9,12H2,1-3H3. The first-order valence-corrected chi connectivity index (χ1v) is 8.01. The molecule has 0 aliphatic rings. The average molecular weight is 289 g/mol. The van der Waals surface area contributed by atoms with Gasteiger partial charge in [0.25, 0.3) is 0 Å². The molecule has 108 valence electrons. The Hall–Kier alpha value is -1.26. The first-order chi connectivity index (χ1) is 9.69. The van der Waals surface area contributed by atoms with Gasteiger partial charge in [0.15, 0.2) is 0 Å². The molecule has 0 spiro atoms. The van der Waals surface area contributed by atoms with Crippen molar-refractivity contribution in [2.24, 2.45) is 7.05 Å². The van der Waals surface area contributed by atoms with Crippen LogP contribution in [0, 0.1) is 6.92 Å². The van der Waals surface area contributed by atoms with E-state index in [0.29, 0.717) is 6.04 Å². The summed E-state index contributed by atoms with van der Waals surface area (Å²) in [6.07, 6.45) is 6.27. The highest BCUT2D eigenvalue weighted by Gasteiger charge is 2.09. The fraction of sp³-hybridized carbons (Fsp3) is 0.438. The Kier molecular flexibility index (Phi) is 5.68. The van der Waals surface area contributed by atoms with E-state index in [2.05, 4.69) is 47.8 Å². The lowest BCUT2D eigenvalue weighted by Crippen LogP contribution is -2.28. The monoisotopic (exact) mass is 289 g/mol. The molecule has 1 aromatic heterocycles. The minimum atomic E-state index is 0.528. The van der Waals surface area contributed by atoms with Crippen molar-refractivity contribution < 1.29 is 0 Å². The van der Waals surface area contributed by atoms with Gasteiger partial charge in [0.05, 0.1) is 6.20 Å². The molecule has 1 aromatic carbocycles. The molecule has 3 nitrogen and oxygen atoms in total. The van der Waals surface area contributed by atoms with Gasteiger partial charge in [-0.25, -0.2) is 0 Å². The lowest BCUT2D eigenvalue weighted by Gasteiger charge is -2.16. The van der Waals surface area contributed by atoms with E-state index in [1.54, 1.807) is 0 Å². The molecule has 2 aromatic rings. The Bertz CT molecular complexity index is 536. The van der Waals surface area contributed by atoms with Crippen LogP contribution in [0.2, 0.25) is 0 Å². The molecule has 0 radical (unpaired) electrons. The van der Waals surface area contributed by atoms with Gasteiger partial charge >= 0.3 is 0 Å². The predicted molar refractivity (Wildman–Crippen MR) is 86.3 cm³/mol. The van der Waals surface area contributed by atoms with E-state index >= 15 is 0 Å². The molecular weight excluding hydrogens is 266 g/mol. The van der Waals surface area contributed by atoms with Crippen LogP contribution in [-0.2, 0) is 13.5 Å². The fourth-order valence-electron chi connectivity index (χ4n) is 2.16. The number of rotatable bonds is 7. The van der Waals surface area contributed by atoms with Crippen LogP contribution in [0.5, 0.6) is 0 Å². The van der Waals surface area contributed by atoms with Gasteiger partial charge < -0.3 is 5.32 Å². The van der Waals surface area contributed by atoms with Gasteiger partial charge in [0.2, 0.25) is 0 Å². The molecule has 0 aliphatic heterocycles. The van der Waals surface area contributed by atoms with Crippen molar-refractivity contribution in [3.8, 4) is 0 Å². The number of hydrogen-bond acceptors (Lipinski definition) is 3. The van der Waals surface area contributed by atoms with E-state index in [4.69, 9.17) is 0 Å². The zero-order chi connectivity index (χ0) is 14.4. The van der Waals surface area contributed by atoms with Crippen molar-refractivity contribution in [2.45, 2.75) is 30.7 Å². The third-order valence-corrected chi connectivity index (χ3v) is 4.82. The zero-order valence-corrected chi connectivity index (χ0v) is 13.3. The Morgan fingerprint density at radius 1 is 1.35 bits per heavy atom. The van der Waals surface area contributed by atoms with Crippen LogP contribution in [-0.4, -0.2) is 28.6 Å². The summed E-state index contributed by atoms with van der Waals surface area (Å²) in [5.41, 5.74) is 2.67. The quantitative estimate of drug-likeness (QED) is 0.795. The molecule has 1 N–H and O–H groups in total. The SMILES string of the molecule is CNC(CCc1cnn(C)c1)CSc1ccccc1C. The zero-order valence-electron chi connectivity index (χ0n) is 12.5. The number of hydrogen-bond donors (Lipinski definition) is 1. The number of nitrogens with zero attached hydrogens (tertiary/aromatic N) is 2. The normalized spacial score (nSPS) is 12.6. The third kappa shape index (κ3) is 4.39. The Morgan fingerprint density at radius 3 is 2.80 bits per heavy atom. The predicted octanol–water partition coefficient (Wildman–Crippen LogP) is 3.04. The molecule has 0 fully saturated rings. The highest BCUT2D eigenvalue weighted by atomic mass is 32.2. The number of thioether (sulfide) groups is 1. The summed E-state index contributed by atoms with van der Waals surface area (Å²) in [5, 5.41) is 7.64. The lowest BCUT2D eigenvalue weighted by molar-refractivity contribution is 0.572. The van der Waals surface area contributed by atoms with Gasteiger partial charge in [-0.05, 0) is 44.0 Å². The van der Waals surface area contributed by atoms with Crippen molar-refractivity contribution in [3.63, 3.8) is 0 Å². The molecule has 1 heterocycles. The Balaban J connectivity index is 1.82. The molecular formula is C16H23N3S. The molecule has 0 amide bonds. The number of nitrogens with one attached hydrogen (secondary N) is 1. The average Bonchev–Trinajstić information content (AvgIpc) is 2.86. The molecule has 0 saturated carbocycles. The summed E-state index contributed by atoms with van der Waals surface area (Å²) < 4.78 is 1.87. The van der Waals surface area contributed by atoms with Crippen molar-refractivity contribution in [3.05, 3.63) is 47.8 Å². The van der Waals surface area contributed by atoms with E-state index in [1.807, 2.05) is 36.7 Å². The summed E-state index contributed by atoms with van der Waals surface area (Å²) in [5.74, 6) is 1.10.